The van der Waals surface area contributed by atoms with Crippen LogP contribution in [0.2, 0.25) is 0 Å². The van der Waals surface area contributed by atoms with Crippen LogP contribution in [0, 0.1) is 11.8 Å². The van der Waals surface area contributed by atoms with E-state index in [0.29, 0.717) is 12.8 Å². The quantitative estimate of drug-likeness (QED) is 0.729. The summed E-state index contributed by atoms with van der Waals surface area (Å²) < 4.78 is 0. The lowest BCUT2D eigenvalue weighted by Gasteiger charge is -2.28. The second-order valence-electron chi connectivity index (χ2n) is 5.06. The van der Waals surface area contributed by atoms with Crippen LogP contribution in [-0.2, 0) is 14.4 Å². The zero-order valence-corrected chi connectivity index (χ0v) is 9.78. The third-order valence-electron chi connectivity index (χ3n) is 3.54. The van der Waals surface area contributed by atoms with E-state index in [4.69, 9.17) is 5.73 Å². The fraction of sp³-hybridized carbons (Fsp3) is 0.750. The molecule has 5 heteroatoms. The van der Waals surface area contributed by atoms with E-state index in [1.54, 1.807) is 0 Å². The Morgan fingerprint density at radius 3 is 2.53 bits per heavy atom. The lowest BCUT2D eigenvalue weighted by molar-refractivity contribution is -0.131. The van der Waals surface area contributed by atoms with Gasteiger partial charge >= 0.3 is 0 Å². The standard InChI is InChI=1S/C12H18N2O3/c13-11(16)10(14-12(17)7-4-5-7)8-2-1-3-9(15)6-8/h7-8,10H,1-6H2,(H2,13,16)(H,14,17)/t8-,10+/m0/s1. The van der Waals surface area contributed by atoms with Crippen molar-refractivity contribution in [3.8, 4) is 0 Å². The van der Waals surface area contributed by atoms with Crippen LogP contribution in [0.3, 0.4) is 0 Å². The summed E-state index contributed by atoms with van der Waals surface area (Å²) in [6.07, 6.45) is 4.29. The monoisotopic (exact) mass is 238 g/mol. The van der Waals surface area contributed by atoms with E-state index >= 15 is 0 Å². The van der Waals surface area contributed by atoms with Crippen LogP contribution in [0.15, 0.2) is 0 Å². The summed E-state index contributed by atoms with van der Waals surface area (Å²) in [5.74, 6) is -0.522. The van der Waals surface area contributed by atoms with E-state index in [9.17, 15) is 14.4 Å². The second-order valence-corrected chi connectivity index (χ2v) is 5.06. The molecule has 2 amide bonds. The van der Waals surface area contributed by atoms with Gasteiger partial charge in [0.25, 0.3) is 0 Å². The van der Waals surface area contributed by atoms with E-state index in [0.717, 1.165) is 25.7 Å². The van der Waals surface area contributed by atoms with Crippen molar-refractivity contribution in [2.24, 2.45) is 17.6 Å². The van der Waals surface area contributed by atoms with Gasteiger partial charge in [-0.3, -0.25) is 14.4 Å². The molecule has 0 aromatic rings. The van der Waals surface area contributed by atoms with Crippen LogP contribution < -0.4 is 11.1 Å². The number of hydrogen-bond acceptors (Lipinski definition) is 3. The normalized spacial score (nSPS) is 26.4. The van der Waals surface area contributed by atoms with Gasteiger partial charge in [-0.1, -0.05) is 0 Å². The van der Waals surface area contributed by atoms with Gasteiger partial charge in [0.05, 0.1) is 0 Å². The van der Waals surface area contributed by atoms with Crippen LogP contribution in [-0.4, -0.2) is 23.6 Å². The topological polar surface area (TPSA) is 89.3 Å². The van der Waals surface area contributed by atoms with Crippen molar-refractivity contribution in [3.63, 3.8) is 0 Å². The fourth-order valence-corrected chi connectivity index (χ4v) is 2.38. The molecule has 0 aliphatic heterocycles. The molecule has 94 valence electrons. The van der Waals surface area contributed by atoms with Gasteiger partial charge in [-0.2, -0.15) is 0 Å². The smallest absolute Gasteiger partial charge is 0.240 e. The number of ketones is 1. The Bertz CT molecular complexity index is 350. The summed E-state index contributed by atoms with van der Waals surface area (Å²) in [4.78, 5) is 34.4. The fourth-order valence-electron chi connectivity index (χ4n) is 2.38. The summed E-state index contributed by atoms with van der Waals surface area (Å²) in [6.45, 7) is 0. The van der Waals surface area contributed by atoms with Crippen LogP contribution in [0.1, 0.15) is 38.5 Å². The largest absolute Gasteiger partial charge is 0.368 e. The Kier molecular flexibility index (Phi) is 3.45. The number of hydrogen-bond donors (Lipinski definition) is 2. The minimum Gasteiger partial charge on any atom is -0.368 e. The predicted octanol–water partition coefficient (Wildman–Crippen LogP) is 0.126. The van der Waals surface area contributed by atoms with E-state index in [2.05, 4.69) is 5.32 Å². The molecule has 0 aromatic carbocycles. The molecule has 0 saturated heterocycles. The zero-order chi connectivity index (χ0) is 12.4. The molecule has 0 radical (unpaired) electrons. The maximum atomic E-state index is 11.6. The molecule has 3 N–H and O–H groups in total. The Hall–Kier alpha value is -1.39. The molecule has 17 heavy (non-hydrogen) atoms. The molecule has 2 fully saturated rings. The van der Waals surface area contributed by atoms with E-state index in [1.807, 2.05) is 0 Å². The van der Waals surface area contributed by atoms with Gasteiger partial charge in [-0.25, -0.2) is 0 Å². The summed E-state index contributed by atoms with van der Waals surface area (Å²) in [5, 5.41) is 2.70. The number of Topliss-reactive ketones (excluding diaryl/α,β-unsaturated/α-hetero) is 1. The number of rotatable bonds is 4. The Balaban J connectivity index is 1.97. The first-order chi connectivity index (χ1) is 8.08. The molecule has 2 atom stereocenters. The van der Waals surface area contributed by atoms with Gasteiger partial charge in [0.2, 0.25) is 11.8 Å². The summed E-state index contributed by atoms with van der Waals surface area (Å²) in [6, 6.07) is -0.674. The number of nitrogens with one attached hydrogen (secondary N) is 1. The number of primary amides is 1. The molecule has 5 nitrogen and oxygen atoms in total. The van der Waals surface area contributed by atoms with Crippen LogP contribution >= 0.6 is 0 Å². The zero-order valence-electron chi connectivity index (χ0n) is 9.78. The first-order valence-corrected chi connectivity index (χ1v) is 6.19. The average molecular weight is 238 g/mol. The maximum Gasteiger partial charge on any atom is 0.240 e. The van der Waals surface area contributed by atoms with Gasteiger partial charge in [-0.15, -0.1) is 0 Å². The van der Waals surface area contributed by atoms with Crippen molar-refractivity contribution in [2.75, 3.05) is 0 Å². The molecule has 0 bridgehead atoms. The van der Waals surface area contributed by atoms with Crippen molar-refractivity contribution >= 4 is 17.6 Å². The van der Waals surface area contributed by atoms with Gasteiger partial charge in [-0.05, 0) is 31.6 Å². The van der Waals surface area contributed by atoms with Crippen LogP contribution in [0.5, 0.6) is 0 Å². The molecule has 2 rings (SSSR count). The van der Waals surface area contributed by atoms with Gasteiger partial charge in [0.15, 0.2) is 0 Å². The highest BCUT2D eigenvalue weighted by molar-refractivity contribution is 5.89. The molecule has 2 aliphatic rings. The van der Waals surface area contributed by atoms with Crippen molar-refractivity contribution in [3.05, 3.63) is 0 Å². The summed E-state index contributed by atoms with van der Waals surface area (Å²) >= 11 is 0. The number of nitrogens with two attached hydrogens (primary N) is 1. The molecule has 0 aromatic heterocycles. The highest BCUT2D eigenvalue weighted by Crippen LogP contribution is 2.30. The first kappa shape index (κ1) is 12.1. The first-order valence-electron chi connectivity index (χ1n) is 6.19. The van der Waals surface area contributed by atoms with Crippen molar-refractivity contribution < 1.29 is 14.4 Å². The third-order valence-corrected chi connectivity index (χ3v) is 3.54. The second kappa shape index (κ2) is 4.85. The summed E-state index contributed by atoms with van der Waals surface area (Å²) in [7, 11) is 0. The molecular formula is C12H18N2O3. The highest BCUT2D eigenvalue weighted by Gasteiger charge is 2.36. The lowest BCUT2D eigenvalue weighted by atomic mass is 9.83. The van der Waals surface area contributed by atoms with Gasteiger partial charge < -0.3 is 11.1 Å². The van der Waals surface area contributed by atoms with Gasteiger partial charge in [0, 0.05) is 18.8 Å². The van der Waals surface area contributed by atoms with E-state index in [1.165, 1.54) is 0 Å². The highest BCUT2D eigenvalue weighted by atomic mass is 16.2. The number of amides is 2. The number of carbonyl (C=O) groups excluding carboxylic acids is 3. The Labute approximate surface area is 100 Å². The van der Waals surface area contributed by atoms with Crippen LogP contribution in [0.25, 0.3) is 0 Å². The van der Waals surface area contributed by atoms with E-state index in [-0.39, 0.29) is 23.5 Å². The minimum atomic E-state index is -0.674. The number of carbonyl (C=O) groups is 3. The van der Waals surface area contributed by atoms with Crippen LogP contribution in [0.4, 0.5) is 0 Å². The van der Waals surface area contributed by atoms with E-state index < -0.39 is 11.9 Å². The predicted molar refractivity (Wildman–Crippen MR) is 60.8 cm³/mol. The van der Waals surface area contributed by atoms with Gasteiger partial charge in [0.1, 0.15) is 11.8 Å². The molecule has 0 unspecified atom stereocenters. The molecular weight excluding hydrogens is 220 g/mol. The lowest BCUT2D eigenvalue weighted by Crippen LogP contribution is -2.50. The Morgan fingerprint density at radius 1 is 1.29 bits per heavy atom. The van der Waals surface area contributed by atoms with Crippen molar-refractivity contribution in [1.29, 1.82) is 0 Å². The SMILES string of the molecule is NC(=O)[C@H](NC(=O)C1CC1)[C@H]1CCCC(=O)C1. The molecule has 2 saturated carbocycles. The Morgan fingerprint density at radius 2 is 2.00 bits per heavy atom. The molecule has 2 aliphatic carbocycles. The third kappa shape index (κ3) is 3.05. The van der Waals surface area contributed by atoms with Crippen molar-refractivity contribution in [2.45, 2.75) is 44.6 Å². The summed E-state index contributed by atoms with van der Waals surface area (Å²) in [5.41, 5.74) is 5.32. The maximum absolute atomic E-state index is 11.6. The average Bonchev–Trinajstić information content (AvgIpc) is 3.08. The molecule has 0 spiro atoms. The minimum absolute atomic E-state index is 0.0520. The molecule has 0 heterocycles. The van der Waals surface area contributed by atoms with Crippen molar-refractivity contribution in [1.82, 2.24) is 5.32 Å².